The van der Waals surface area contributed by atoms with Gasteiger partial charge < -0.3 is 10.1 Å². The summed E-state index contributed by atoms with van der Waals surface area (Å²) < 4.78 is 46.1. The lowest BCUT2D eigenvalue weighted by atomic mass is 9.96. The largest absolute Gasteiger partial charge is 0.462 e. The lowest BCUT2D eigenvalue weighted by molar-refractivity contribution is -0.173. The zero-order valence-corrected chi connectivity index (χ0v) is 12.9. The number of nitrogens with one attached hydrogen (secondary N) is 1. The minimum absolute atomic E-state index is 0.00623. The number of ether oxygens (including phenoxy) is 1. The maximum atomic E-state index is 13.5. The average Bonchev–Trinajstić information content (AvgIpc) is 2.98. The number of carbonyl (C=O) groups is 1. The summed E-state index contributed by atoms with van der Waals surface area (Å²) >= 11 is 0. The maximum Gasteiger partial charge on any atom is 0.410 e. The number of aromatic nitrogens is 2. The Bertz CT molecular complexity index is 728. The van der Waals surface area contributed by atoms with E-state index in [9.17, 15) is 18.0 Å². The van der Waals surface area contributed by atoms with Crippen LogP contribution in [0.3, 0.4) is 0 Å². The standard InChI is InChI=1S/C16H16F3N3O2/c1-2-24-15(23)11-9-20-22-13(16(17,18)19)8-12(21-14(11)22)10-6-4-3-5-7-10/h3-7,9,12-13,21H,2,8H2,1H3/t12-,13+/m0/s1. The number of hydrogen-bond acceptors (Lipinski definition) is 4. The highest BCUT2D eigenvalue weighted by Crippen LogP contribution is 2.44. The lowest BCUT2D eigenvalue weighted by Crippen LogP contribution is -2.36. The van der Waals surface area contributed by atoms with Crippen molar-refractivity contribution in [2.75, 3.05) is 11.9 Å². The van der Waals surface area contributed by atoms with E-state index in [1.165, 1.54) is 0 Å². The third kappa shape index (κ3) is 2.95. The van der Waals surface area contributed by atoms with E-state index >= 15 is 0 Å². The molecule has 3 rings (SSSR count). The van der Waals surface area contributed by atoms with E-state index in [1.54, 1.807) is 37.3 Å². The number of esters is 1. The van der Waals surface area contributed by atoms with Crippen molar-refractivity contribution in [2.24, 2.45) is 0 Å². The van der Waals surface area contributed by atoms with Crippen molar-refractivity contribution in [1.82, 2.24) is 9.78 Å². The van der Waals surface area contributed by atoms with Gasteiger partial charge in [0.2, 0.25) is 0 Å². The molecule has 1 aromatic heterocycles. The highest BCUT2D eigenvalue weighted by molar-refractivity contribution is 5.94. The molecule has 24 heavy (non-hydrogen) atoms. The zero-order chi connectivity index (χ0) is 17.3. The molecule has 8 heteroatoms. The summed E-state index contributed by atoms with van der Waals surface area (Å²) in [5.74, 6) is -0.656. The first-order valence-corrected chi connectivity index (χ1v) is 7.54. The highest BCUT2D eigenvalue weighted by Gasteiger charge is 2.47. The number of halogens is 3. The summed E-state index contributed by atoms with van der Waals surface area (Å²) in [5, 5.41) is 6.77. The van der Waals surface area contributed by atoms with Gasteiger partial charge in [-0.25, -0.2) is 9.48 Å². The van der Waals surface area contributed by atoms with E-state index in [0.717, 1.165) is 10.9 Å². The fourth-order valence-corrected chi connectivity index (χ4v) is 2.82. The lowest BCUT2D eigenvalue weighted by Gasteiger charge is -2.33. The van der Waals surface area contributed by atoms with Crippen LogP contribution in [0.15, 0.2) is 36.5 Å². The van der Waals surface area contributed by atoms with Crippen LogP contribution in [0.25, 0.3) is 0 Å². The number of rotatable bonds is 3. The fraction of sp³-hybridized carbons (Fsp3) is 0.375. The predicted molar refractivity (Wildman–Crippen MR) is 80.7 cm³/mol. The maximum absolute atomic E-state index is 13.5. The first kappa shape index (κ1) is 16.4. The van der Waals surface area contributed by atoms with Gasteiger partial charge >= 0.3 is 12.1 Å². The number of hydrogen-bond donors (Lipinski definition) is 1. The Morgan fingerprint density at radius 3 is 2.71 bits per heavy atom. The van der Waals surface area contributed by atoms with Gasteiger partial charge in [0.1, 0.15) is 11.4 Å². The molecule has 128 valence electrons. The first-order valence-electron chi connectivity index (χ1n) is 7.54. The molecule has 0 saturated carbocycles. The van der Waals surface area contributed by atoms with E-state index < -0.39 is 24.2 Å². The quantitative estimate of drug-likeness (QED) is 0.866. The molecule has 1 aliphatic heterocycles. The van der Waals surface area contributed by atoms with Crippen LogP contribution in [0.5, 0.6) is 0 Å². The second-order valence-electron chi connectivity index (χ2n) is 5.47. The smallest absolute Gasteiger partial charge is 0.410 e. The minimum atomic E-state index is -4.47. The molecule has 1 aromatic carbocycles. The Morgan fingerprint density at radius 1 is 1.38 bits per heavy atom. The van der Waals surface area contributed by atoms with Crippen molar-refractivity contribution < 1.29 is 22.7 Å². The van der Waals surface area contributed by atoms with E-state index in [2.05, 4.69) is 10.4 Å². The highest BCUT2D eigenvalue weighted by atomic mass is 19.4. The van der Waals surface area contributed by atoms with Crippen molar-refractivity contribution >= 4 is 11.8 Å². The number of anilines is 1. The molecule has 0 spiro atoms. The summed E-state index contributed by atoms with van der Waals surface area (Å²) in [7, 11) is 0. The van der Waals surface area contributed by atoms with Crippen LogP contribution in [0, 0.1) is 0 Å². The molecule has 0 amide bonds. The van der Waals surface area contributed by atoms with Crippen molar-refractivity contribution in [3.63, 3.8) is 0 Å². The van der Waals surface area contributed by atoms with Gasteiger partial charge in [-0.05, 0) is 12.5 Å². The number of alkyl halides is 3. The number of benzene rings is 1. The SMILES string of the molecule is CCOC(=O)c1cnn2c1N[C@H](c1ccccc1)C[C@@H]2C(F)(F)F. The Kier molecular flexibility index (Phi) is 4.21. The molecule has 2 aromatic rings. The summed E-state index contributed by atoms with van der Waals surface area (Å²) in [5.41, 5.74) is 0.723. The van der Waals surface area contributed by atoms with Gasteiger partial charge in [0.15, 0.2) is 6.04 Å². The summed E-state index contributed by atoms with van der Waals surface area (Å²) in [4.78, 5) is 12.0. The molecule has 0 bridgehead atoms. The molecule has 5 nitrogen and oxygen atoms in total. The molecule has 0 aliphatic carbocycles. The first-order chi connectivity index (χ1) is 11.4. The molecule has 1 aliphatic rings. The van der Waals surface area contributed by atoms with Crippen molar-refractivity contribution in [1.29, 1.82) is 0 Å². The fourth-order valence-electron chi connectivity index (χ4n) is 2.82. The van der Waals surface area contributed by atoms with E-state index in [4.69, 9.17) is 4.74 Å². The van der Waals surface area contributed by atoms with Crippen LogP contribution in [0.1, 0.15) is 41.3 Å². The topological polar surface area (TPSA) is 56.1 Å². The Labute approximate surface area is 136 Å². The van der Waals surface area contributed by atoms with Gasteiger partial charge in [0, 0.05) is 6.42 Å². The van der Waals surface area contributed by atoms with Crippen LogP contribution >= 0.6 is 0 Å². The van der Waals surface area contributed by atoms with Crippen LogP contribution < -0.4 is 5.32 Å². The molecular formula is C16H16F3N3O2. The Morgan fingerprint density at radius 2 is 2.08 bits per heavy atom. The van der Waals surface area contributed by atoms with Crippen LogP contribution in [-0.2, 0) is 4.74 Å². The van der Waals surface area contributed by atoms with Crippen molar-refractivity contribution in [2.45, 2.75) is 31.6 Å². The van der Waals surface area contributed by atoms with Crippen LogP contribution in [0.4, 0.5) is 19.0 Å². The second-order valence-corrected chi connectivity index (χ2v) is 5.47. The number of fused-ring (bicyclic) bond motifs is 1. The zero-order valence-electron chi connectivity index (χ0n) is 12.9. The molecule has 2 atom stereocenters. The molecule has 0 fully saturated rings. The summed E-state index contributed by atoms with van der Waals surface area (Å²) in [6.07, 6.45) is -3.56. The van der Waals surface area contributed by atoms with E-state index in [0.29, 0.717) is 5.56 Å². The van der Waals surface area contributed by atoms with E-state index in [1.807, 2.05) is 0 Å². The van der Waals surface area contributed by atoms with Crippen LogP contribution in [0.2, 0.25) is 0 Å². The second kappa shape index (κ2) is 6.18. The van der Waals surface area contributed by atoms with E-state index in [-0.39, 0.29) is 24.4 Å². The van der Waals surface area contributed by atoms with Crippen LogP contribution in [-0.4, -0.2) is 28.5 Å². The average molecular weight is 339 g/mol. The molecular weight excluding hydrogens is 323 g/mol. The predicted octanol–water partition coefficient (Wildman–Crippen LogP) is 3.72. The molecule has 1 N–H and O–H groups in total. The molecule has 0 radical (unpaired) electrons. The molecule has 0 saturated heterocycles. The summed E-state index contributed by atoms with van der Waals surface area (Å²) in [6.45, 7) is 1.76. The van der Waals surface area contributed by atoms with Gasteiger partial charge in [-0.3, -0.25) is 0 Å². The molecule has 0 unspecified atom stereocenters. The van der Waals surface area contributed by atoms with Gasteiger partial charge in [0.05, 0.1) is 18.8 Å². The Hall–Kier alpha value is -2.51. The number of nitrogens with zero attached hydrogens (tertiary/aromatic N) is 2. The summed E-state index contributed by atoms with van der Waals surface area (Å²) in [6, 6.07) is 6.44. The van der Waals surface area contributed by atoms with Gasteiger partial charge in [-0.1, -0.05) is 30.3 Å². The molecule has 2 heterocycles. The monoisotopic (exact) mass is 339 g/mol. The number of carbonyl (C=O) groups excluding carboxylic acids is 1. The van der Waals surface area contributed by atoms with Gasteiger partial charge in [-0.15, -0.1) is 0 Å². The Balaban J connectivity index is 2.03. The third-order valence-electron chi connectivity index (χ3n) is 3.94. The third-order valence-corrected chi connectivity index (χ3v) is 3.94. The van der Waals surface area contributed by atoms with Gasteiger partial charge in [0.25, 0.3) is 0 Å². The van der Waals surface area contributed by atoms with Gasteiger partial charge in [-0.2, -0.15) is 18.3 Å². The van der Waals surface area contributed by atoms with Crippen molar-refractivity contribution in [3.05, 3.63) is 47.7 Å². The van der Waals surface area contributed by atoms with Crippen molar-refractivity contribution in [3.8, 4) is 0 Å². The minimum Gasteiger partial charge on any atom is -0.462 e. The normalized spacial score (nSPS) is 20.2.